The molecule has 0 spiro atoms. The lowest BCUT2D eigenvalue weighted by Crippen LogP contribution is -2.34. The fourth-order valence-electron chi connectivity index (χ4n) is 4.40. The van der Waals surface area contributed by atoms with Gasteiger partial charge in [-0.2, -0.15) is 0 Å². The number of carbonyl (C=O) groups is 1. The van der Waals surface area contributed by atoms with Crippen LogP contribution in [0.3, 0.4) is 0 Å². The third-order valence-corrected chi connectivity index (χ3v) is 6.53. The van der Waals surface area contributed by atoms with Crippen molar-refractivity contribution in [3.63, 3.8) is 0 Å². The molecular weight excluding hydrogens is 398 g/mol. The zero-order valence-corrected chi connectivity index (χ0v) is 19.1. The van der Waals surface area contributed by atoms with Crippen LogP contribution in [-0.2, 0) is 12.0 Å². The van der Waals surface area contributed by atoms with E-state index in [4.69, 9.17) is 9.15 Å². The van der Waals surface area contributed by atoms with Crippen molar-refractivity contribution in [1.29, 1.82) is 0 Å². The first kappa shape index (κ1) is 22.2. The summed E-state index contributed by atoms with van der Waals surface area (Å²) in [7, 11) is 0. The van der Waals surface area contributed by atoms with Gasteiger partial charge in [0.2, 0.25) is 0 Å². The highest BCUT2D eigenvalue weighted by Crippen LogP contribution is 2.32. The van der Waals surface area contributed by atoms with E-state index in [-0.39, 0.29) is 24.0 Å². The molecule has 1 heterocycles. The lowest BCUT2D eigenvalue weighted by atomic mass is 9.78. The zero-order chi connectivity index (χ0) is 22.4. The van der Waals surface area contributed by atoms with Crippen molar-refractivity contribution in [2.45, 2.75) is 70.4 Å². The number of carbonyl (C=O) groups excluding carboxylic acids is 1. The van der Waals surface area contributed by atoms with Gasteiger partial charge in [0.15, 0.2) is 5.76 Å². The third kappa shape index (κ3) is 5.42. The van der Waals surface area contributed by atoms with Crippen molar-refractivity contribution < 1.29 is 13.9 Å². The standard InChI is InChI=1S/C28H33NO3/c1-28(2,21-10-6-5-7-11-21)22-14-16-24(17-15-22)31-20-25-18-19-26(32-25)27(30)29-23-12-8-3-4-9-13-23/h5-7,10-11,14-19,23H,3-4,8-9,12-13,20H2,1-2H3,(H,29,30). The van der Waals surface area contributed by atoms with Crippen LogP contribution in [0, 0.1) is 0 Å². The second kappa shape index (κ2) is 10.1. The molecule has 2 aromatic carbocycles. The van der Waals surface area contributed by atoms with E-state index < -0.39 is 0 Å². The third-order valence-electron chi connectivity index (χ3n) is 6.53. The summed E-state index contributed by atoms with van der Waals surface area (Å²) >= 11 is 0. The quantitative estimate of drug-likeness (QED) is 0.427. The average molecular weight is 432 g/mol. The lowest BCUT2D eigenvalue weighted by molar-refractivity contribution is 0.0901. The van der Waals surface area contributed by atoms with Gasteiger partial charge in [-0.1, -0.05) is 82.0 Å². The van der Waals surface area contributed by atoms with Crippen molar-refractivity contribution in [3.8, 4) is 5.75 Å². The summed E-state index contributed by atoms with van der Waals surface area (Å²) in [6.07, 6.45) is 7.00. The normalized spacial score (nSPS) is 15.2. The van der Waals surface area contributed by atoms with E-state index in [1.807, 2.05) is 24.3 Å². The van der Waals surface area contributed by atoms with Gasteiger partial charge in [-0.05, 0) is 48.2 Å². The maximum absolute atomic E-state index is 12.5. The largest absolute Gasteiger partial charge is 0.486 e. The Kier molecular flexibility index (Phi) is 6.99. The molecule has 1 saturated carbocycles. The van der Waals surface area contributed by atoms with E-state index in [1.54, 1.807) is 6.07 Å². The number of nitrogens with one attached hydrogen (secondary N) is 1. The fourth-order valence-corrected chi connectivity index (χ4v) is 4.40. The Morgan fingerprint density at radius 1 is 0.906 bits per heavy atom. The van der Waals surface area contributed by atoms with Gasteiger partial charge in [0.05, 0.1) is 0 Å². The van der Waals surface area contributed by atoms with Crippen LogP contribution in [0.4, 0.5) is 0 Å². The molecule has 0 radical (unpaired) electrons. The summed E-state index contributed by atoms with van der Waals surface area (Å²) < 4.78 is 11.6. The van der Waals surface area contributed by atoms with Gasteiger partial charge in [-0.25, -0.2) is 0 Å². The van der Waals surface area contributed by atoms with Crippen LogP contribution >= 0.6 is 0 Å². The molecule has 1 aliphatic rings. The number of hydrogen-bond acceptors (Lipinski definition) is 3. The molecule has 0 unspecified atom stereocenters. The van der Waals surface area contributed by atoms with E-state index in [1.165, 1.54) is 36.8 Å². The Bertz CT molecular complexity index is 997. The minimum Gasteiger partial charge on any atom is -0.486 e. The maximum atomic E-state index is 12.5. The van der Waals surface area contributed by atoms with Gasteiger partial charge in [0, 0.05) is 11.5 Å². The molecular formula is C28H33NO3. The minimum atomic E-state index is -0.129. The Morgan fingerprint density at radius 3 is 2.25 bits per heavy atom. The van der Waals surface area contributed by atoms with Gasteiger partial charge < -0.3 is 14.5 Å². The van der Waals surface area contributed by atoms with Crippen LogP contribution in [0.5, 0.6) is 5.75 Å². The highest BCUT2D eigenvalue weighted by Gasteiger charge is 2.23. The first-order chi connectivity index (χ1) is 15.5. The van der Waals surface area contributed by atoms with Gasteiger partial charge in [-0.3, -0.25) is 4.79 Å². The molecule has 0 bridgehead atoms. The summed E-state index contributed by atoms with van der Waals surface area (Å²) in [5.74, 6) is 1.65. The fraction of sp³-hybridized carbons (Fsp3) is 0.393. The molecule has 1 fully saturated rings. The number of hydrogen-bond donors (Lipinski definition) is 1. The molecule has 1 aliphatic carbocycles. The number of furan rings is 1. The lowest BCUT2D eigenvalue weighted by Gasteiger charge is -2.26. The Morgan fingerprint density at radius 2 is 1.56 bits per heavy atom. The molecule has 0 atom stereocenters. The molecule has 32 heavy (non-hydrogen) atoms. The molecule has 4 rings (SSSR count). The van der Waals surface area contributed by atoms with Gasteiger partial charge in [0.1, 0.15) is 18.1 Å². The molecule has 168 valence electrons. The maximum Gasteiger partial charge on any atom is 0.287 e. The Hall–Kier alpha value is -3.01. The summed E-state index contributed by atoms with van der Waals surface area (Å²) in [6.45, 7) is 4.74. The summed E-state index contributed by atoms with van der Waals surface area (Å²) in [4.78, 5) is 12.5. The minimum absolute atomic E-state index is 0.0829. The van der Waals surface area contributed by atoms with Crippen molar-refractivity contribution in [1.82, 2.24) is 5.32 Å². The predicted molar refractivity (Wildman–Crippen MR) is 127 cm³/mol. The van der Waals surface area contributed by atoms with Crippen LogP contribution in [0.2, 0.25) is 0 Å². The SMILES string of the molecule is CC(C)(c1ccccc1)c1ccc(OCc2ccc(C(=O)NC3CCCCCC3)o2)cc1. The molecule has 1 N–H and O–H groups in total. The zero-order valence-electron chi connectivity index (χ0n) is 19.1. The van der Waals surface area contributed by atoms with Crippen molar-refractivity contribution >= 4 is 5.91 Å². The van der Waals surface area contributed by atoms with Crippen LogP contribution in [0.25, 0.3) is 0 Å². The molecule has 3 aromatic rings. The van der Waals surface area contributed by atoms with Crippen molar-refractivity contribution in [2.75, 3.05) is 0 Å². The van der Waals surface area contributed by atoms with Crippen molar-refractivity contribution in [2.24, 2.45) is 0 Å². The first-order valence-electron chi connectivity index (χ1n) is 11.7. The van der Waals surface area contributed by atoms with E-state index in [0.29, 0.717) is 11.5 Å². The van der Waals surface area contributed by atoms with Gasteiger partial charge >= 0.3 is 0 Å². The number of rotatable bonds is 7. The van der Waals surface area contributed by atoms with Crippen LogP contribution in [0.15, 0.2) is 71.1 Å². The Balaban J connectivity index is 1.32. The summed E-state index contributed by atoms with van der Waals surface area (Å²) in [6, 6.07) is 22.5. The highest BCUT2D eigenvalue weighted by molar-refractivity contribution is 5.91. The van der Waals surface area contributed by atoms with Gasteiger partial charge in [-0.15, -0.1) is 0 Å². The number of amides is 1. The molecule has 4 nitrogen and oxygen atoms in total. The number of ether oxygens (including phenoxy) is 1. The summed E-state index contributed by atoms with van der Waals surface area (Å²) in [5.41, 5.74) is 2.42. The first-order valence-corrected chi connectivity index (χ1v) is 11.7. The van der Waals surface area contributed by atoms with Gasteiger partial charge in [0.25, 0.3) is 5.91 Å². The molecule has 4 heteroatoms. The Labute approximate surface area is 191 Å². The van der Waals surface area contributed by atoms with E-state index in [9.17, 15) is 4.79 Å². The van der Waals surface area contributed by atoms with Crippen LogP contribution in [-0.4, -0.2) is 11.9 Å². The number of benzene rings is 2. The van der Waals surface area contributed by atoms with E-state index in [0.717, 1.165) is 18.6 Å². The second-order valence-corrected chi connectivity index (χ2v) is 9.23. The average Bonchev–Trinajstić information content (AvgIpc) is 3.15. The molecule has 1 amide bonds. The molecule has 0 saturated heterocycles. The van der Waals surface area contributed by atoms with E-state index >= 15 is 0 Å². The molecule has 0 aliphatic heterocycles. The van der Waals surface area contributed by atoms with E-state index in [2.05, 4.69) is 55.6 Å². The topological polar surface area (TPSA) is 51.5 Å². The summed E-state index contributed by atoms with van der Waals surface area (Å²) in [5, 5.41) is 3.12. The highest BCUT2D eigenvalue weighted by atomic mass is 16.5. The monoisotopic (exact) mass is 431 g/mol. The molecule has 1 aromatic heterocycles. The smallest absolute Gasteiger partial charge is 0.287 e. The van der Waals surface area contributed by atoms with Crippen LogP contribution < -0.4 is 10.1 Å². The predicted octanol–water partition coefficient (Wildman–Crippen LogP) is 6.64. The second-order valence-electron chi connectivity index (χ2n) is 9.23. The van der Waals surface area contributed by atoms with Crippen LogP contribution in [0.1, 0.15) is 79.8 Å². The van der Waals surface area contributed by atoms with Crippen molar-refractivity contribution in [3.05, 3.63) is 89.4 Å².